The van der Waals surface area contributed by atoms with E-state index in [0.29, 0.717) is 0 Å². The van der Waals surface area contributed by atoms with Crippen LogP contribution in [0.15, 0.2) is 18.5 Å². The van der Waals surface area contributed by atoms with E-state index in [1.807, 2.05) is 0 Å². The van der Waals surface area contributed by atoms with Crippen LogP contribution in [0.2, 0.25) is 0 Å². The molecule has 0 atom stereocenters. The van der Waals surface area contributed by atoms with E-state index in [9.17, 15) is 0 Å². The topological polar surface area (TPSA) is 4.93 Å². The third-order valence-corrected chi connectivity index (χ3v) is 3.24. The molecule has 1 aromatic rings. The number of unbranched alkanes of at least 4 members (excludes halogenated alkanes) is 6. The van der Waals surface area contributed by atoms with E-state index in [0.717, 1.165) is 6.42 Å². The van der Waals surface area contributed by atoms with Gasteiger partial charge < -0.3 is 4.57 Å². The van der Waals surface area contributed by atoms with E-state index >= 15 is 0 Å². The molecule has 0 aliphatic carbocycles. The summed E-state index contributed by atoms with van der Waals surface area (Å²) >= 11 is 0. The number of aromatic nitrogens is 1. The Morgan fingerprint density at radius 3 is 2.25 bits per heavy atom. The van der Waals surface area contributed by atoms with Gasteiger partial charge in [0.05, 0.1) is 0 Å². The molecule has 0 N–H and O–H groups in total. The van der Waals surface area contributed by atoms with Crippen molar-refractivity contribution in [3.05, 3.63) is 24.0 Å². The minimum absolute atomic E-state index is 1.16. The molecule has 0 aromatic carbocycles. The molecule has 16 heavy (non-hydrogen) atoms. The van der Waals surface area contributed by atoms with Crippen LogP contribution in [0, 0.1) is 0 Å². The maximum Gasteiger partial charge on any atom is 0.0219 e. The first kappa shape index (κ1) is 13.3. The Balaban J connectivity index is 1.98. The monoisotopic (exact) mass is 221 g/mol. The molecule has 1 rings (SSSR count). The second-order valence-electron chi connectivity index (χ2n) is 4.73. The summed E-state index contributed by atoms with van der Waals surface area (Å²) < 4.78 is 2.34. The first-order valence-electron chi connectivity index (χ1n) is 7.01. The third-order valence-electron chi connectivity index (χ3n) is 3.24. The van der Waals surface area contributed by atoms with E-state index in [4.69, 9.17) is 0 Å². The van der Waals surface area contributed by atoms with Gasteiger partial charge in [0.1, 0.15) is 0 Å². The summed E-state index contributed by atoms with van der Waals surface area (Å²) in [4.78, 5) is 0. The van der Waals surface area contributed by atoms with Crippen molar-refractivity contribution in [1.82, 2.24) is 4.57 Å². The van der Waals surface area contributed by atoms with Crippen LogP contribution in [0.4, 0.5) is 0 Å². The average Bonchev–Trinajstić information content (AvgIpc) is 2.76. The Morgan fingerprint density at radius 2 is 1.62 bits per heavy atom. The summed E-state index contributed by atoms with van der Waals surface area (Å²) in [5.41, 5.74) is 1.46. The lowest BCUT2D eigenvalue weighted by Gasteiger charge is -2.03. The van der Waals surface area contributed by atoms with Crippen molar-refractivity contribution in [2.45, 2.75) is 71.8 Å². The molecular formula is C15H27N. The van der Waals surface area contributed by atoms with Crippen LogP contribution in [0.5, 0.6) is 0 Å². The highest BCUT2D eigenvalue weighted by Crippen LogP contribution is 2.09. The fourth-order valence-corrected chi connectivity index (χ4v) is 2.09. The van der Waals surface area contributed by atoms with Gasteiger partial charge in [0.25, 0.3) is 0 Å². The lowest BCUT2D eigenvalue weighted by Crippen LogP contribution is -1.94. The van der Waals surface area contributed by atoms with E-state index in [-0.39, 0.29) is 0 Å². The van der Waals surface area contributed by atoms with Crippen LogP contribution in [-0.2, 0) is 13.0 Å². The first-order chi connectivity index (χ1) is 7.86. The Kier molecular flexibility index (Phi) is 7.03. The molecule has 1 heterocycles. The zero-order chi connectivity index (χ0) is 11.6. The molecule has 1 aromatic heterocycles. The first-order valence-corrected chi connectivity index (χ1v) is 7.01. The molecule has 1 nitrogen and oxygen atoms in total. The van der Waals surface area contributed by atoms with Crippen LogP contribution in [0.25, 0.3) is 0 Å². The molecule has 0 unspecified atom stereocenters. The van der Waals surface area contributed by atoms with E-state index in [1.165, 1.54) is 57.1 Å². The van der Waals surface area contributed by atoms with Crippen molar-refractivity contribution in [2.75, 3.05) is 0 Å². The number of hydrogen-bond acceptors (Lipinski definition) is 0. The van der Waals surface area contributed by atoms with Gasteiger partial charge in [-0.2, -0.15) is 0 Å². The molecule has 0 aliphatic rings. The summed E-state index contributed by atoms with van der Waals surface area (Å²) in [5, 5.41) is 0. The number of aryl methyl sites for hydroxylation is 2. The van der Waals surface area contributed by atoms with E-state index in [1.54, 1.807) is 0 Å². The molecular weight excluding hydrogens is 194 g/mol. The maximum atomic E-state index is 2.34. The molecule has 1 heteroatoms. The van der Waals surface area contributed by atoms with Gasteiger partial charge in [0, 0.05) is 18.9 Å². The molecule has 0 fully saturated rings. The minimum Gasteiger partial charge on any atom is -0.354 e. The molecule has 0 aliphatic heterocycles. The summed E-state index contributed by atoms with van der Waals surface area (Å²) in [6.45, 7) is 5.69. The number of nitrogens with zero attached hydrogens (tertiary/aromatic N) is 1. The van der Waals surface area contributed by atoms with Crippen LogP contribution in [0.1, 0.15) is 64.4 Å². The Morgan fingerprint density at radius 1 is 0.938 bits per heavy atom. The average molecular weight is 221 g/mol. The molecule has 0 saturated heterocycles. The summed E-state index contributed by atoms with van der Waals surface area (Å²) in [5.74, 6) is 0. The summed E-state index contributed by atoms with van der Waals surface area (Å²) in [6, 6.07) is 2.24. The van der Waals surface area contributed by atoms with Crippen LogP contribution in [0.3, 0.4) is 0 Å². The van der Waals surface area contributed by atoms with Gasteiger partial charge in [-0.15, -0.1) is 0 Å². The molecule has 0 amide bonds. The van der Waals surface area contributed by atoms with Gasteiger partial charge in [-0.05, 0) is 24.5 Å². The molecule has 0 bridgehead atoms. The predicted octanol–water partition coefficient (Wildman–Crippen LogP) is 4.80. The van der Waals surface area contributed by atoms with Gasteiger partial charge in [0.2, 0.25) is 0 Å². The van der Waals surface area contributed by atoms with Crippen molar-refractivity contribution in [2.24, 2.45) is 0 Å². The Bertz CT molecular complexity index is 262. The smallest absolute Gasteiger partial charge is 0.0219 e. The quantitative estimate of drug-likeness (QED) is 0.528. The molecule has 0 spiro atoms. The predicted molar refractivity (Wildman–Crippen MR) is 71.8 cm³/mol. The molecule has 92 valence electrons. The van der Waals surface area contributed by atoms with Crippen molar-refractivity contribution in [3.8, 4) is 0 Å². The minimum atomic E-state index is 1.16. The fraction of sp³-hybridized carbons (Fsp3) is 0.733. The van der Waals surface area contributed by atoms with Crippen molar-refractivity contribution < 1.29 is 0 Å². The normalized spacial score (nSPS) is 10.9. The van der Waals surface area contributed by atoms with Crippen molar-refractivity contribution in [3.63, 3.8) is 0 Å². The SMILES string of the molecule is CCCCCCCCCn1ccc(CC)c1. The Hall–Kier alpha value is -0.720. The largest absolute Gasteiger partial charge is 0.354 e. The van der Waals surface area contributed by atoms with Gasteiger partial charge in [0.15, 0.2) is 0 Å². The zero-order valence-electron chi connectivity index (χ0n) is 11.0. The number of hydrogen-bond donors (Lipinski definition) is 0. The van der Waals surface area contributed by atoms with Crippen molar-refractivity contribution in [1.29, 1.82) is 0 Å². The van der Waals surface area contributed by atoms with Crippen molar-refractivity contribution >= 4 is 0 Å². The fourth-order valence-electron chi connectivity index (χ4n) is 2.09. The van der Waals surface area contributed by atoms with Gasteiger partial charge >= 0.3 is 0 Å². The highest BCUT2D eigenvalue weighted by molar-refractivity contribution is 5.09. The second kappa shape index (κ2) is 8.43. The zero-order valence-corrected chi connectivity index (χ0v) is 11.0. The maximum absolute atomic E-state index is 2.34. The van der Waals surface area contributed by atoms with Gasteiger partial charge in [-0.1, -0.05) is 52.4 Å². The third kappa shape index (κ3) is 5.39. The van der Waals surface area contributed by atoms with E-state index in [2.05, 4.69) is 36.9 Å². The highest BCUT2D eigenvalue weighted by Gasteiger charge is 1.95. The lowest BCUT2D eigenvalue weighted by molar-refractivity contribution is 0.550. The molecule has 0 saturated carbocycles. The lowest BCUT2D eigenvalue weighted by atomic mass is 10.1. The van der Waals surface area contributed by atoms with E-state index < -0.39 is 0 Å². The van der Waals surface area contributed by atoms with Gasteiger partial charge in [-0.25, -0.2) is 0 Å². The molecule has 0 radical (unpaired) electrons. The Labute approximate surface area is 101 Å². The summed E-state index contributed by atoms with van der Waals surface area (Å²) in [6.07, 6.45) is 15.4. The standard InChI is InChI=1S/C15H27N/c1-3-5-6-7-8-9-10-12-16-13-11-15(4-2)14-16/h11,13-14H,3-10,12H2,1-2H3. The second-order valence-corrected chi connectivity index (χ2v) is 4.73. The highest BCUT2D eigenvalue weighted by atomic mass is 14.9. The van der Waals surface area contributed by atoms with Crippen LogP contribution in [-0.4, -0.2) is 4.57 Å². The summed E-state index contributed by atoms with van der Waals surface area (Å²) in [7, 11) is 0. The van der Waals surface area contributed by atoms with Crippen LogP contribution >= 0.6 is 0 Å². The van der Waals surface area contributed by atoms with Gasteiger partial charge in [-0.3, -0.25) is 0 Å². The van der Waals surface area contributed by atoms with Crippen LogP contribution < -0.4 is 0 Å². The number of rotatable bonds is 9.